The summed E-state index contributed by atoms with van der Waals surface area (Å²) in [6.07, 6.45) is 0. The molecule has 2 aromatic rings. The van der Waals surface area contributed by atoms with Crippen molar-refractivity contribution in [3.05, 3.63) is 53.8 Å². The molecule has 6 heteroatoms. The molecule has 0 radical (unpaired) electrons. The fourth-order valence-corrected chi connectivity index (χ4v) is 3.25. The first-order chi connectivity index (χ1) is 7.99. The zero-order valence-corrected chi connectivity index (χ0v) is 12.9. The molecule has 1 heterocycles. The van der Waals surface area contributed by atoms with E-state index >= 15 is 0 Å². The third kappa shape index (κ3) is 2.78. The SMILES string of the molecule is O=C(c1cc(Cl)c(Br)s1)c1ccc(Br)cc1F. The summed E-state index contributed by atoms with van der Waals surface area (Å²) in [5.41, 5.74) is 0.0404. The van der Waals surface area contributed by atoms with Crippen molar-refractivity contribution in [1.82, 2.24) is 0 Å². The molecule has 0 spiro atoms. The number of halogens is 4. The minimum absolute atomic E-state index is 0.0404. The van der Waals surface area contributed by atoms with Gasteiger partial charge < -0.3 is 0 Å². The van der Waals surface area contributed by atoms with Crippen molar-refractivity contribution >= 4 is 60.6 Å². The predicted molar refractivity (Wildman–Crippen MR) is 74.6 cm³/mol. The molecule has 0 amide bonds. The van der Waals surface area contributed by atoms with E-state index in [2.05, 4.69) is 31.9 Å². The second-order valence-corrected chi connectivity index (χ2v) is 6.88. The summed E-state index contributed by atoms with van der Waals surface area (Å²) in [5, 5.41) is 0.455. The maximum atomic E-state index is 13.6. The summed E-state index contributed by atoms with van der Waals surface area (Å²) < 4.78 is 14.9. The number of carbonyl (C=O) groups is 1. The van der Waals surface area contributed by atoms with Crippen LogP contribution in [-0.4, -0.2) is 5.78 Å². The van der Waals surface area contributed by atoms with Gasteiger partial charge in [0, 0.05) is 4.47 Å². The van der Waals surface area contributed by atoms with Gasteiger partial charge in [0.05, 0.1) is 19.2 Å². The van der Waals surface area contributed by atoms with Gasteiger partial charge in [-0.1, -0.05) is 27.5 Å². The van der Waals surface area contributed by atoms with Crippen LogP contribution in [0.5, 0.6) is 0 Å². The maximum absolute atomic E-state index is 13.6. The summed E-state index contributed by atoms with van der Waals surface area (Å²) in [6, 6.07) is 5.86. The van der Waals surface area contributed by atoms with E-state index in [1.54, 1.807) is 6.07 Å². The monoisotopic (exact) mass is 396 g/mol. The summed E-state index contributed by atoms with van der Waals surface area (Å²) >= 11 is 13.4. The summed E-state index contributed by atoms with van der Waals surface area (Å²) in [5.74, 6) is -0.919. The molecule has 2 rings (SSSR count). The lowest BCUT2D eigenvalue weighted by Crippen LogP contribution is -2.01. The fourth-order valence-electron chi connectivity index (χ4n) is 1.26. The van der Waals surface area contributed by atoms with E-state index in [1.165, 1.54) is 29.5 Å². The van der Waals surface area contributed by atoms with Crippen molar-refractivity contribution < 1.29 is 9.18 Å². The summed E-state index contributed by atoms with van der Waals surface area (Å²) in [4.78, 5) is 12.4. The Labute approximate surface area is 123 Å². The van der Waals surface area contributed by atoms with Crippen molar-refractivity contribution in [2.45, 2.75) is 0 Å². The van der Waals surface area contributed by atoms with Gasteiger partial charge in [0.1, 0.15) is 5.82 Å². The first kappa shape index (κ1) is 13.2. The molecule has 1 aromatic heterocycles. The van der Waals surface area contributed by atoms with E-state index in [4.69, 9.17) is 11.6 Å². The highest BCUT2D eigenvalue weighted by Gasteiger charge is 2.17. The number of rotatable bonds is 2. The van der Waals surface area contributed by atoms with Crippen LogP contribution in [0, 0.1) is 5.82 Å². The number of ketones is 1. The number of benzene rings is 1. The smallest absolute Gasteiger partial charge is 0.205 e. The molecule has 0 atom stereocenters. The third-order valence-electron chi connectivity index (χ3n) is 2.04. The van der Waals surface area contributed by atoms with Crippen molar-refractivity contribution in [3.63, 3.8) is 0 Å². The number of carbonyl (C=O) groups excluding carboxylic acids is 1. The Morgan fingerprint density at radius 2 is 2.00 bits per heavy atom. The average Bonchev–Trinajstić information content (AvgIpc) is 2.58. The van der Waals surface area contributed by atoms with Crippen LogP contribution < -0.4 is 0 Å². The van der Waals surface area contributed by atoms with Crippen LogP contribution in [-0.2, 0) is 0 Å². The zero-order chi connectivity index (χ0) is 12.6. The molecule has 0 bridgehead atoms. The largest absolute Gasteiger partial charge is 0.288 e. The van der Waals surface area contributed by atoms with Gasteiger partial charge in [0.15, 0.2) is 0 Å². The highest BCUT2D eigenvalue weighted by Crippen LogP contribution is 2.33. The minimum atomic E-state index is -0.551. The maximum Gasteiger partial charge on any atom is 0.205 e. The van der Waals surface area contributed by atoms with Gasteiger partial charge in [-0.05, 0) is 40.2 Å². The van der Waals surface area contributed by atoms with Crippen molar-refractivity contribution in [3.8, 4) is 0 Å². The normalized spacial score (nSPS) is 10.6. The third-order valence-corrected chi connectivity index (χ3v) is 5.01. The molecular formula is C11H4Br2ClFOS. The number of thiophene rings is 1. The van der Waals surface area contributed by atoms with Crippen LogP contribution >= 0.6 is 54.8 Å². The highest BCUT2D eigenvalue weighted by molar-refractivity contribution is 9.11. The van der Waals surface area contributed by atoms with E-state index in [-0.39, 0.29) is 11.3 Å². The molecule has 0 N–H and O–H groups in total. The predicted octanol–water partition coefficient (Wildman–Crippen LogP) is 5.30. The fraction of sp³-hybridized carbons (Fsp3) is 0. The van der Waals surface area contributed by atoms with Gasteiger partial charge in [-0.2, -0.15) is 0 Å². The quantitative estimate of drug-likeness (QED) is 0.628. The Morgan fingerprint density at radius 1 is 1.29 bits per heavy atom. The van der Waals surface area contributed by atoms with E-state index in [9.17, 15) is 9.18 Å². The Hall–Kier alpha value is -0.230. The number of hydrogen-bond donors (Lipinski definition) is 0. The standard InChI is InChI=1S/C11H4Br2ClFOS/c12-5-1-2-6(8(15)3-5)10(16)9-4-7(14)11(13)17-9/h1-4H. The van der Waals surface area contributed by atoms with Crippen LogP contribution in [0.25, 0.3) is 0 Å². The Bertz CT molecular complexity index is 578. The summed E-state index contributed by atoms with van der Waals surface area (Å²) in [7, 11) is 0. The molecule has 0 saturated carbocycles. The van der Waals surface area contributed by atoms with Crippen molar-refractivity contribution in [2.75, 3.05) is 0 Å². The molecule has 0 saturated heterocycles. The second kappa shape index (κ2) is 5.18. The van der Waals surface area contributed by atoms with E-state index in [1.807, 2.05) is 0 Å². The first-order valence-electron chi connectivity index (χ1n) is 4.43. The molecule has 0 fully saturated rings. The minimum Gasteiger partial charge on any atom is -0.288 e. The van der Waals surface area contributed by atoms with Crippen LogP contribution in [0.2, 0.25) is 5.02 Å². The van der Waals surface area contributed by atoms with Gasteiger partial charge >= 0.3 is 0 Å². The van der Waals surface area contributed by atoms with Gasteiger partial charge in [-0.15, -0.1) is 11.3 Å². The second-order valence-electron chi connectivity index (χ2n) is 3.19. The van der Waals surface area contributed by atoms with Crippen LogP contribution in [0.3, 0.4) is 0 Å². The molecular weight excluding hydrogens is 394 g/mol. The lowest BCUT2D eigenvalue weighted by Gasteiger charge is -2.00. The molecule has 0 aliphatic rings. The van der Waals surface area contributed by atoms with Crippen LogP contribution in [0.15, 0.2) is 32.5 Å². The first-order valence-corrected chi connectivity index (χ1v) is 7.21. The van der Waals surface area contributed by atoms with Crippen LogP contribution in [0.1, 0.15) is 15.2 Å². The Balaban J connectivity index is 2.43. The molecule has 17 heavy (non-hydrogen) atoms. The topological polar surface area (TPSA) is 17.1 Å². The molecule has 0 aliphatic heterocycles. The molecule has 0 aliphatic carbocycles. The molecule has 1 nitrogen and oxygen atoms in total. The Morgan fingerprint density at radius 3 is 2.53 bits per heavy atom. The molecule has 1 aromatic carbocycles. The van der Waals surface area contributed by atoms with Gasteiger partial charge in [0.25, 0.3) is 0 Å². The van der Waals surface area contributed by atoms with E-state index in [0.717, 1.165) is 0 Å². The summed E-state index contributed by atoms with van der Waals surface area (Å²) in [6.45, 7) is 0. The lowest BCUT2D eigenvalue weighted by atomic mass is 10.1. The highest BCUT2D eigenvalue weighted by atomic mass is 79.9. The van der Waals surface area contributed by atoms with E-state index < -0.39 is 5.82 Å². The molecule has 88 valence electrons. The van der Waals surface area contributed by atoms with Crippen LogP contribution in [0.4, 0.5) is 4.39 Å². The lowest BCUT2D eigenvalue weighted by molar-refractivity contribution is 0.103. The molecule has 0 unspecified atom stereocenters. The van der Waals surface area contributed by atoms with Crippen molar-refractivity contribution in [1.29, 1.82) is 0 Å². The van der Waals surface area contributed by atoms with Gasteiger partial charge in [-0.3, -0.25) is 4.79 Å². The average molecular weight is 398 g/mol. The number of hydrogen-bond acceptors (Lipinski definition) is 2. The Kier molecular flexibility index (Phi) is 4.02. The van der Waals surface area contributed by atoms with Crippen molar-refractivity contribution in [2.24, 2.45) is 0 Å². The van der Waals surface area contributed by atoms with E-state index in [0.29, 0.717) is 18.2 Å². The zero-order valence-electron chi connectivity index (χ0n) is 8.14. The van der Waals surface area contributed by atoms with Gasteiger partial charge in [0.2, 0.25) is 5.78 Å². The van der Waals surface area contributed by atoms with Gasteiger partial charge in [-0.25, -0.2) is 4.39 Å².